The molecule has 1 aromatic carbocycles. The van der Waals surface area contributed by atoms with E-state index in [0.717, 1.165) is 17.0 Å². The number of pyridine rings is 1. The van der Waals surface area contributed by atoms with Gasteiger partial charge >= 0.3 is 6.03 Å². The van der Waals surface area contributed by atoms with Crippen LogP contribution in [0.2, 0.25) is 0 Å². The van der Waals surface area contributed by atoms with Crippen LogP contribution in [-0.4, -0.2) is 28.4 Å². The Bertz CT molecular complexity index is 963. The van der Waals surface area contributed by atoms with Gasteiger partial charge in [0.1, 0.15) is 5.82 Å². The number of aryl methyl sites for hydroxylation is 1. The summed E-state index contributed by atoms with van der Waals surface area (Å²) < 4.78 is 1.98. The summed E-state index contributed by atoms with van der Waals surface area (Å²) in [5.41, 5.74) is 3.10. The summed E-state index contributed by atoms with van der Waals surface area (Å²) in [6.45, 7) is 3.73. The fourth-order valence-corrected chi connectivity index (χ4v) is 2.71. The van der Waals surface area contributed by atoms with Crippen molar-refractivity contribution in [3.05, 3.63) is 60.2 Å². The molecule has 2 N–H and O–H groups in total. The molecular weight excluding hydrogens is 330 g/mol. The van der Waals surface area contributed by atoms with E-state index in [9.17, 15) is 9.59 Å². The van der Waals surface area contributed by atoms with Gasteiger partial charge in [0.15, 0.2) is 0 Å². The van der Waals surface area contributed by atoms with Crippen LogP contribution in [0.15, 0.2) is 48.7 Å². The molecule has 2 heterocycles. The maximum Gasteiger partial charge on any atom is 0.319 e. The zero-order valence-electron chi connectivity index (χ0n) is 15.0. The summed E-state index contributed by atoms with van der Waals surface area (Å²) in [6, 6.07) is 12.6. The summed E-state index contributed by atoms with van der Waals surface area (Å²) in [4.78, 5) is 29.7. The highest BCUT2D eigenvalue weighted by Gasteiger charge is 2.10. The highest BCUT2D eigenvalue weighted by molar-refractivity contribution is 5.93. The molecule has 134 valence electrons. The van der Waals surface area contributed by atoms with Gasteiger partial charge in [-0.05, 0) is 37.3 Å². The number of aromatic nitrogens is 2. The molecule has 3 amide bonds. The van der Waals surface area contributed by atoms with Crippen LogP contribution in [0.25, 0.3) is 5.52 Å². The van der Waals surface area contributed by atoms with Gasteiger partial charge in [-0.3, -0.25) is 4.79 Å². The van der Waals surface area contributed by atoms with Gasteiger partial charge in [-0.25, -0.2) is 9.78 Å². The number of hydrogen-bond acceptors (Lipinski definition) is 3. The minimum absolute atomic E-state index is 0.0753. The largest absolute Gasteiger partial charge is 0.332 e. The van der Waals surface area contributed by atoms with Crippen molar-refractivity contribution in [3.8, 4) is 0 Å². The van der Waals surface area contributed by atoms with Gasteiger partial charge in [0, 0.05) is 31.5 Å². The molecule has 7 nitrogen and oxygen atoms in total. The standard InChI is InChI=1S/C19H21N5O2/c1-13-21-17(18-9-4-5-10-24(13)18)12-20-19(26)22-15-7-6-8-16(11-15)23(3)14(2)25/h4-11H,12H2,1-3H3,(H2,20,22,26). The van der Waals surface area contributed by atoms with Gasteiger partial charge < -0.3 is 19.9 Å². The van der Waals surface area contributed by atoms with E-state index in [1.165, 1.54) is 11.8 Å². The van der Waals surface area contributed by atoms with Crippen molar-refractivity contribution in [2.24, 2.45) is 0 Å². The van der Waals surface area contributed by atoms with E-state index >= 15 is 0 Å². The van der Waals surface area contributed by atoms with E-state index in [0.29, 0.717) is 17.9 Å². The van der Waals surface area contributed by atoms with Crippen LogP contribution < -0.4 is 15.5 Å². The van der Waals surface area contributed by atoms with Crippen LogP contribution in [0.4, 0.5) is 16.2 Å². The van der Waals surface area contributed by atoms with Crippen molar-refractivity contribution < 1.29 is 9.59 Å². The molecule has 0 radical (unpaired) electrons. The van der Waals surface area contributed by atoms with Crippen molar-refractivity contribution in [1.82, 2.24) is 14.7 Å². The quantitative estimate of drug-likeness (QED) is 0.758. The molecule has 0 bridgehead atoms. The number of nitrogens with zero attached hydrogens (tertiary/aromatic N) is 3. The molecule has 0 unspecified atom stereocenters. The summed E-state index contributed by atoms with van der Waals surface area (Å²) in [5.74, 6) is 0.798. The van der Waals surface area contributed by atoms with Crippen LogP contribution >= 0.6 is 0 Å². The Morgan fingerprint density at radius 3 is 2.77 bits per heavy atom. The Morgan fingerprint density at radius 1 is 1.19 bits per heavy atom. The molecule has 26 heavy (non-hydrogen) atoms. The second-order valence-corrected chi connectivity index (χ2v) is 6.00. The summed E-state index contributed by atoms with van der Waals surface area (Å²) in [6.07, 6.45) is 1.94. The third-order valence-corrected chi connectivity index (χ3v) is 4.18. The van der Waals surface area contributed by atoms with Gasteiger partial charge in [0.05, 0.1) is 17.8 Å². The first-order chi connectivity index (χ1) is 12.5. The second-order valence-electron chi connectivity index (χ2n) is 6.00. The lowest BCUT2D eigenvalue weighted by Crippen LogP contribution is -2.28. The number of anilines is 2. The van der Waals surface area contributed by atoms with Crippen molar-refractivity contribution in [2.75, 3.05) is 17.3 Å². The predicted molar refractivity (Wildman–Crippen MR) is 101 cm³/mol. The average Bonchev–Trinajstić information content (AvgIpc) is 2.96. The maximum absolute atomic E-state index is 12.2. The number of carbonyl (C=O) groups is 2. The van der Waals surface area contributed by atoms with Crippen LogP contribution in [0.1, 0.15) is 18.4 Å². The summed E-state index contributed by atoms with van der Waals surface area (Å²) in [7, 11) is 1.69. The molecule has 7 heteroatoms. The molecule has 0 saturated heterocycles. The number of urea groups is 1. The third kappa shape index (κ3) is 3.66. The monoisotopic (exact) mass is 351 g/mol. The van der Waals surface area contributed by atoms with E-state index in [1.807, 2.05) is 41.8 Å². The third-order valence-electron chi connectivity index (χ3n) is 4.18. The molecule has 3 rings (SSSR count). The smallest absolute Gasteiger partial charge is 0.319 e. The van der Waals surface area contributed by atoms with E-state index in [-0.39, 0.29) is 11.9 Å². The maximum atomic E-state index is 12.2. The first kappa shape index (κ1) is 17.5. The van der Waals surface area contributed by atoms with Crippen molar-refractivity contribution in [3.63, 3.8) is 0 Å². The van der Waals surface area contributed by atoms with Crippen LogP contribution in [0.3, 0.4) is 0 Å². The first-order valence-corrected chi connectivity index (χ1v) is 8.27. The fourth-order valence-electron chi connectivity index (χ4n) is 2.71. The lowest BCUT2D eigenvalue weighted by atomic mass is 10.2. The number of amides is 3. The van der Waals surface area contributed by atoms with Crippen LogP contribution in [0.5, 0.6) is 0 Å². The fraction of sp³-hybridized carbons (Fsp3) is 0.211. The molecule has 2 aromatic heterocycles. The molecule has 0 fully saturated rings. The van der Waals surface area contributed by atoms with Crippen LogP contribution in [-0.2, 0) is 11.3 Å². The Balaban J connectivity index is 1.66. The number of benzene rings is 1. The Labute approximate surface area is 151 Å². The highest BCUT2D eigenvalue weighted by atomic mass is 16.2. The predicted octanol–water partition coefficient (Wildman–Crippen LogP) is 2.95. The second kappa shape index (κ2) is 7.26. The summed E-state index contributed by atoms with van der Waals surface area (Å²) in [5, 5.41) is 5.60. The molecule has 0 aliphatic heterocycles. The van der Waals surface area contributed by atoms with Gasteiger partial charge in [0.2, 0.25) is 5.91 Å². The van der Waals surface area contributed by atoms with E-state index in [1.54, 1.807) is 25.2 Å². The minimum atomic E-state index is -0.331. The van der Waals surface area contributed by atoms with Crippen LogP contribution in [0, 0.1) is 6.92 Å². The SMILES string of the molecule is CC(=O)N(C)c1cccc(NC(=O)NCc2nc(C)n3ccccc23)c1. The van der Waals surface area contributed by atoms with Gasteiger partial charge in [-0.15, -0.1) is 0 Å². The number of imidazole rings is 1. The van der Waals surface area contributed by atoms with Gasteiger partial charge in [0.25, 0.3) is 0 Å². The number of carbonyl (C=O) groups excluding carboxylic acids is 2. The Morgan fingerprint density at radius 2 is 2.00 bits per heavy atom. The zero-order valence-corrected chi connectivity index (χ0v) is 15.0. The highest BCUT2D eigenvalue weighted by Crippen LogP contribution is 2.18. The van der Waals surface area contributed by atoms with Crippen molar-refractivity contribution in [1.29, 1.82) is 0 Å². The number of fused-ring (bicyclic) bond motifs is 1. The van der Waals surface area contributed by atoms with E-state index in [4.69, 9.17) is 0 Å². The first-order valence-electron chi connectivity index (χ1n) is 8.27. The van der Waals surface area contributed by atoms with Gasteiger partial charge in [-0.1, -0.05) is 12.1 Å². The number of hydrogen-bond donors (Lipinski definition) is 2. The molecule has 0 spiro atoms. The number of rotatable bonds is 4. The normalized spacial score (nSPS) is 10.6. The molecule has 0 atom stereocenters. The Kier molecular flexibility index (Phi) is 4.88. The van der Waals surface area contributed by atoms with Gasteiger partial charge in [-0.2, -0.15) is 0 Å². The average molecular weight is 351 g/mol. The zero-order chi connectivity index (χ0) is 18.7. The molecule has 0 aliphatic carbocycles. The number of nitrogens with one attached hydrogen (secondary N) is 2. The van der Waals surface area contributed by atoms with E-state index in [2.05, 4.69) is 15.6 Å². The topological polar surface area (TPSA) is 78.7 Å². The molecule has 0 saturated carbocycles. The summed E-state index contributed by atoms with van der Waals surface area (Å²) >= 11 is 0. The lowest BCUT2D eigenvalue weighted by Gasteiger charge is -2.16. The van der Waals surface area contributed by atoms with Crippen molar-refractivity contribution in [2.45, 2.75) is 20.4 Å². The minimum Gasteiger partial charge on any atom is -0.332 e. The van der Waals surface area contributed by atoms with Crippen molar-refractivity contribution >= 4 is 28.8 Å². The molecular formula is C19H21N5O2. The lowest BCUT2D eigenvalue weighted by molar-refractivity contribution is -0.116. The molecule has 0 aliphatic rings. The van der Waals surface area contributed by atoms with E-state index < -0.39 is 0 Å². The Hall–Kier alpha value is -3.35. The molecule has 3 aromatic rings.